The molecule has 0 fully saturated rings. The van der Waals surface area contributed by atoms with Crippen molar-refractivity contribution in [3.63, 3.8) is 0 Å². The van der Waals surface area contributed by atoms with Gasteiger partial charge in [0.15, 0.2) is 0 Å². The van der Waals surface area contributed by atoms with Gasteiger partial charge in [-0.1, -0.05) is 29.8 Å². The lowest BCUT2D eigenvalue weighted by Gasteiger charge is -2.15. The lowest BCUT2D eigenvalue weighted by Crippen LogP contribution is -2.12. The van der Waals surface area contributed by atoms with Crippen molar-refractivity contribution in [3.8, 4) is 11.5 Å². The zero-order valence-electron chi connectivity index (χ0n) is 11.6. The zero-order valence-corrected chi connectivity index (χ0v) is 12.4. The van der Waals surface area contributed by atoms with Gasteiger partial charge in [-0.25, -0.2) is 0 Å². The third-order valence-electron chi connectivity index (χ3n) is 3.06. The number of ether oxygens (including phenoxy) is 2. The van der Waals surface area contributed by atoms with Gasteiger partial charge in [0.1, 0.15) is 11.5 Å². The first-order chi connectivity index (χ1) is 9.65. The molecule has 0 heterocycles. The zero-order chi connectivity index (χ0) is 14.5. The van der Waals surface area contributed by atoms with Crippen LogP contribution in [0.5, 0.6) is 11.5 Å². The summed E-state index contributed by atoms with van der Waals surface area (Å²) in [6, 6.07) is 13.1. The average molecular weight is 292 g/mol. The number of hydrogen-bond donors (Lipinski definition) is 1. The van der Waals surface area contributed by atoms with Crippen molar-refractivity contribution >= 4 is 11.6 Å². The molecule has 0 amide bonds. The minimum Gasteiger partial charge on any atom is -0.495 e. The van der Waals surface area contributed by atoms with Crippen LogP contribution in [0.2, 0.25) is 5.02 Å². The van der Waals surface area contributed by atoms with Gasteiger partial charge in [0.05, 0.1) is 24.8 Å². The van der Waals surface area contributed by atoms with Gasteiger partial charge in [-0.3, -0.25) is 0 Å². The second-order valence-electron chi connectivity index (χ2n) is 4.38. The monoisotopic (exact) mass is 291 g/mol. The summed E-state index contributed by atoms with van der Waals surface area (Å²) in [7, 11) is 1.59. The van der Waals surface area contributed by atoms with Crippen molar-refractivity contribution < 1.29 is 9.47 Å². The Labute approximate surface area is 124 Å². The summed E-state index contributed by atoms with van der Waals surface area (Å²) >= 11 is 6.03. The smallest absolute Gasteiger partial charge is 0.137 e. The maximum Gasteiger partial charge on any atom is 0.137 e. The van der Waals surface area contributed by atoms with Gasteiger partial charge in [0.25, 0.3) is 0 Å². The molecular weight excluding hydrogens is 274 g/mol. The Morgan fingerprint density at radius 3 is 2.60 bits per heavy atom. The van der Waals surface area contributed by atoms with E-state index in [4.69, 9.17) is 26.8 Å². The maximum atomic E-state index is 6.30. The van der Waals surface area contributed by atoms with E-state index in [2.05, 4.69) is 0 Å². The lowest BCUT2D eigenvalue weighted by atomic mass is 9.99. The molecule has 2 aromatic carbocycles. The summed E-state index contributed by atoms with van der Waals surface area (Å²) in [5, 5.41) is 0.575. The van der Waals surface area contributed by atoms with Crippen molar-refractivity contribution in [2.24, 2.45) is 5.73 Å². The fourth-order valence-corrected chi connectivity index (χ4v) is 2.22. The fourth-order valence-electron chi connectivity index (χ4n) is 2.03. The molecule has 20 heavy (non-hydrogen) atoms. The van der Waals surface area contributed by atoms with E-state index in [1.165, 1.54) is 0 Å². The molecule has 0 saturated heterocycles. The van der Waals surface area contributed by atoms with E-state index in [1.807, 2.05) is 43.3 Å². The molecule has 0 aliphatic carbocycles. The topological polar surface area (TPSA) is 44.5 Å². The average Bonchev–Trinajstić information content (AvgIpc) is 2.48. The second kappa shape index (κ2) is 6.64. The van der Waals surface area contributed by atoms with E-state index in [-0.39, 0.29) is 6.04 Å². The molecular formula is C16H18ClNO2. The van der Waals surface area contributed by atoms with E-state index < -0.39 is 0 Å². The molecule has 0 aliphatic rings. The molecule has 0 saturated carbocycles. The number of methoxy groups -OCH3 is 1. The van der Waals surface area contributed by atoms with Gasteiger partial charge >= 0.3 is 0 Å². The van der Waals surface area contributed by atoms with Crippen LogP contribution in [-0.4, -0.2) is 13.7 Å². The maximum absolute atomic E-state index is 6.30. The Balaban J connectivity index is 2.30. The highest BCUT2D eigenvalue weighted by molar-refractivity contribution is 6.32. The van der Waals surface area contributed by atoms with E-state index in [0.717, 1.165) is 16.9 Å². The molecule has 0 aromatic heterocycles. The van der Waals surface area contributed by atoms with Crippen LogP contribution in [0.15, 0.2) is 42.5 Å². The SMILES string of the molecule is CCOc1cccc(C(N)c2ccc(Cl)c(OC)c2)c1. The Morgan fingerprint density at radius 1 is 1.15 bits per heavy atom. The standard InChI is InChI=1S/C16H18ClNO2/c1-3-20-13-6-4-5-11(9-13)16(18)12-7-8-14(17)15(10-12)19-2/h4-10,16H,3,18H2,1-2H3. The third-order valence-corrected chi connectivity index (χ3v) is 3.37. The highest BCUT2D eigenvalue weighted by atomic mass is 35.5. The first kappa shape index (κ1) is 14.7. The lowest BCUT2D eigenvalue weighted by molar-refractivity contribution is 0.340. The Kier molecular flexibility index (Phi) is 4.88. The molecule has 0 aliphatic heterocycles. The van der Waals surface area contributed by atoms with Crippen LogP contribution in [0.25, 0.3) is 0 Å². The molecule has 2 rings (SSSR count). The number of hydrogen-bond acceptors (Lipinski definition) is 3. The Morgan fingerprint density at radius 2 is 1.90 bits per heavy atom. The van der Waals surface area contributed by atoms with Gasteiger partial charge in [0, 0.05) is 0 Å². The predicted molar refractivity (Wildman–Crippen MR) is 81.6 cm³/mol. The summed E-state index contributed by atoms with van der Waals surface area (Å²) < 4.78 is 10.7. The molecule has 0 bridgehead atoms. The third kappa shape index (κ3) is 3.24. The largest absolute Gasteiger partial charge is 0.495 e. The second-order valence-corrected chi connectivity index (χ2v) is 4.78. The van der Waals surface area contributed by atoms with E-state index in [0.29, 0.717) is 17.4 Å². The molecule has 0 radical (unpaired) electrons. The van der Waals surface area contributed by atoms with Crippen LogP contribution in [0.3, 0.4) is 0 Å². The predicted octanol–water partition coefficient (Wildman–Crippen LogP) is 3.80. The van der Waals surface area contributed by atoms with Crippen LogP contribution in [0.1, 0.15) is 24.1 Å². The Bertz CT molecular complexity index is 586. The van der Waals surface area contributed by atoms with Crippen molar-refractivity contribution in [1.29, 1.82) is 0 Å². The molecule has 2 N–H and O–H groups in total. The van der Waals surface area contributed by atoms with Gasteiger partial charge < -0.3 is 15.2 Å². The molecule has 1 atom stereocenters. The van der Waals surface area contributed by atoms with Crippen LogP contribution < -0.4 is 15.2 Å². The molecule has 0 spiro atoms. The molecule has 3 nitrogen and oxygen atoms in total. The van der Waals surface area contributed by atoms with Crippen molar-refractivity contribution in [2.45, 2.75) is 13.0 Å². The van der Waals surface area contributed by atoms with E-state index >= 15 is 0 Å². The normalized spacial score (nSPS) is 12.0. The van der Waals surface area contributed by atoms with Crippen molar-refractivity contribution in [3.05, 3.63) is 58.6 Å². The summed E-state index contributed by atoms with van der Waals surface area (Å²) in [4.78, 5) is 0. The van der Waals surface area contributed by atoms with Gasteiger partial charge in [-0.2, -0.15) is 0 Å². The first-order valence-electron chi connectivity index (χ1n) is 6.47. The molecule has 4 heteroatoms. The summed E-state index contributed by atoms with van der Waals surface area (Å²) in [5.41, 5.74) is 8.23. The fraction of sp³-hybridized carbons (Fsp3) is 0.250. The number of benzene rings is 2. The van der Waals surface area contributed by atoms with E-state index in [1.54, 1.807) is 13.2 Å². The number of nitrogens with two attached hydrogens (primary N) is 1. The number of rotatable bonds is 5. The number of halogens is 1. The van der Waals surface area contributed by atoms with Crippen LogP contribution in [0.4, 0.5) is 0 Å². The van der Waals surface area contributed by atoms with Gasteiger partial charge in [-0.05, 0) is 42.3 Å². The summed E-state index contributed by atoms with van der Waals surface area (Å²) in [6.07, 6.45) is 0. The summed E-state index contributed by atoms with van der Waals surface area (Å²) in [5.74, 6) is 1.45. The molecule has 106 valence electrons. The van der Waals surface area contributed by atoms with Crippen LogP contribution in [0, 0.1) is 0 Å². The quantitative estimate of drug-likeness (QED) is 0.911. The van der Waals surface area contributed by atoms with Gasteiger partial charge in [0.2, 0.25) is 0 Å². The highest BCUT2D eigenvalue weighted by Gasteiger charge is 2.12. The van der Waals surface area contributed by atoms with Crippen molar-refractivity contribution in [1.82, 2.24) is 0 Å². The molecule has 2 aromatic rings. The minimum atomic E-state index is -0.249. The minimum absolute atomic E-state index is 0.249. The first-order valence-corrected chi connectivity index (χ1v) is 6.85. The van der Waals surface area contributed by atoms with Crippen LogP contribution >= 0.6 is 11.6 Å². The summed E-state index contributed by atoms with van der Waals surface area (Å²) in [6.45, 7) is 2.59. The molecule has 1 unspecified atom stereocenters. The van der Waals surface area contributed by atoms with Crippen LogP contribution in [-0.2, 0) is 0 Å². The van der Waals surface area contributed by atoms with Gasteiger partial charge in [-0.15, -0.1) is 0 Å². The van der Waals surface area contributed by atoms with Crippen molar-refractivity contribution in [2.75, 3.05) is 13.7 Å². The van der Waals surface area contributed by atoms with E-state index in [9.17, 15) is 0 Å². The highest BCUT2D eigenvalue weighted by Crippen LogP contribution is 2.30. The Hall–Kier alpha value is -1.71.